The SMILES string of the molecule is C#CCn1c(=NC(=O)C2CCN(S(=O)(=O)c3ccc(Cl)s3)CC2)sc2cc(C)ccc21. The molecule has 4 rings (SSSR count). The van der Waals surface area contributed by atoms with Gasteiger partial charge in [0.1, 0.15) is 4.21 Å². The minimum atomic E-state index is -3.58. The summed E-state index contributed by atoms with van der Waals surface area (Å²) in [5, 5.41) is 0. The van der Waals surface area contributed by atoms with Crippen LogP contribution in [0, 0.1) is 25.2 Å². The van der Waals surface area contributed by atoms with Gasteiger partial charge in [0.2, 0.25) is 0 Å². The lowest BCUT2D eigenvalue weighted by atomic mass is 9.98. The highest BCUT2D eigenvalue weighted by atomic mass is 35.5. The minimum absolute atomic E-state index is 0.225. The van der Waals surface area contributed by atoms with E-state index in [2.05, 4.69) is 17.0 Å². The van der Waals surface area contributed by atoms with Crippen LogP contribution in [0.3, 0.4) is 0 Å². The second-order valence-corrected chi connectivity index (χ2v) is 12.2. The molecular weight excluding hydrogens is 474 g/mol. The van der Waals surface area contributed by atoms with Gasteiger partial charge in [0.15, 0.2) is 4.80 Å². The first-order chi connectivity index (χ1) is 14.8. The van der Waals surface area contributed by atoms with Gasteiger partial charge in [0, 0.05) is 19.0 Å². The van der Waals surface area contributed by atoms with Crippen LogP contribution in [0.5, 0.6) is 0 Å². The third-order valence-electron chi connectivity index (χ3n) is 5.24. The second-order valence-electron chi connectivity index (χ2n) is 7.33. The molecule has 3 heterocycles. The number of thiophene rings is 1. The Balaban J connectivity index is 1.54. The van der Waals surface area contributed by atoms with Gasteiger partial charge in [0.25, 0.3) is 15.9 Å². The van der Waals surface area contributed by atoms with Crippen LogP contribution in [0.25, 0.3) is 10.2 Å². The molecule has 10 heteroatoms. The summed E-state index contributed by atoms with van der Waals surface area (Å²) in [7, 11) is -3.58. The van der Waals surface area contributed by atoms with Gasteiger partial charge >= 0.3 is 0 Å². The molecule has 162 valence electrons. The quantitative estimate of drug-likeness (QED) is 0.518. The number of carbonyl (C=O) groups is 1. The molecule has 0 radical (unpaired) electrons. The Hall–Kier alpha value is -1.96. The standard InChI is InChI=1S/C21H20ClN3O3S3/c1-3-10-25-16-5-4-14(2)13-17(16)29-21(25)23-20(26)15-8-11-24(12-9-15)31(27,28)19-7-6-18(22)30-19/h1,4-7,13,15H,8-12H2,2H3. The van der Waals surface area contributed by atoms with Crippen molar-refractivity contribution in [2.75, 3.05) is 13.1 Å². The lowest BCUT2D eigenvalue weighted by molar-refractivity contribution is -0.122. The van der Waals surface area contributed by atoms with Crippen molar-refractivity contribution in [2.24, 2.45) is 10.9 Å². The van der Waals surface area contributed by atoms with Crippen LogP contribution >= 0.6 is 34.3 Å². The van der Waals surface area contributed by atoms with Gasteiger partial charge in [-0.2, -0.15) is 9.30 Å². The number of thiazole rings is 1. The molecule has 2 aromatic heterocycles. The molecule has 0 saturated carbocycles. The maximum Gasteiger partial charge on any atom is 0.252 e. The Morgan fingerprint density at radius 2 is 2.00 bits per heavy atom. The molecule has 0 bridgehead atoms. The fourth-order valence-corrected chi connectivity index (χ4v) is 7.84. The summed E-state index contributed by atoms with van der Waals surface area (Å²) in [5.74, 6) is 2.08. The van der Waals surface area contributed by atoms with Crippen LogP contribution < -0.4 is 4.80 Å². The average molecular weight is 494 g/mol. The first kappa shape index (κ1) is 22.2. The molecule has 6 nitrogen and oxygen atoms in total. The molecule has 1 aromatic carbocycles. The molecule has 0 N–H and O–H groups in total. The predicted molar refractivity (Wildman–Crippen MR) is 125 cm³/mol. The molecule has 0 atom stereocenters. The normalized spacial score (nSPS) is 16.6. The van der Waals surface area contributed by atoms with Crippen molar-refractivity contribution < 1.29 is 13.2 Å². The van der Waals surface area contributed by atoms with Gasteiger partial charge in [-0.15, -0.1) is 17.8 Å². The Kier molecular flexibility index (Phi) is 6.37. The van der Waals surface area contributed by atoms with Crippen LogP contribution in [-0.4, -0.2) is 36.3 Å². The van der Waals surface area contributed by atoms with Crippen molar-refractivity contribution in [3.05, 3.63) is 45.0 Å². The number of nitrogens with zero attached hydrogens (tertiary/aromatic N) is 3. The zero-order chi connectivity index (χ0) is 22.2. The number of fused-ring (bicyclic) bond motifs is 1. The molecule has 0 spiro atoms. The third kappa shape index (κ3) is 4.49. The summed E-state index contributed by atoms with van der Waals surface area (Å²) in [5.41, 5.74) is 2.08. The number of sulfonamides is 1. The molecular formula is C21H20ClN3O3S3. The van der Waals surface area contributed by atoms with E-state index in [1.807, 2.05) is 23.6 Å². The van der Waals surface area contributed by atoms with E-state index in [1.54, 1.807) is 6.07 Å². The number of terminal acetylenes is 1. The fourth-order valence-electron chi connectivity index (χ4n) is 3.60. The van der Waals surface area contributed by atoms with Gasteiger partial charge < -0.3 is 4.57 Å². The number of aromatic nitrogens is 1. The highest BCUT2D eigenvalue weighted by Crippen LogP contribution is 2.30. The van der Waals surface area contributed by atoms with Crippen molar-refractivity contribution in [2.45, 2.75) is 30.5 Å². The van der Waals surface area contributed by atoms with Gasteiger partial charge in [-0.05, 0) is 49.6 Å². The number of piperidine rings is 1. The predicted octanol–water partition coefficient (Wildman–Crippen LogP) is 3.89. The van der Waals surface area contributed by atoms with Gasteiger partial charge in [0.05, 0.1) is 21.1 Å². The summed E-state index contributed by atoms with van der Waals surface area (Å²) in [4.78, 5) is 17.8. The third-order valence-corrected chi connectivity index (χ3v) is 9.88. The lowest BCUT2D eigenvalue weighted by Gasteiger charge is -2.29. The number of halogens is 1. The summed E-state index contributed by atoms with van der Waals surface area (Å²) in [6.07, 6.45) is 6.39. The van der Waals surface area contributed by atoms with Gasteiger partial charge in [-0.1, -0.05) is 34.9 Å². The first-order valence-corrected chi connectivity index (χ1v) is 13.1. The van der Waals surface area contributed by atoms with E-state index >= 15 is 0 Å². The molecule has 31 heavy (non-hydrogen) atoms. The molecule has 0 unspecified atom stereocenters. The van der Waals surface area contributed by atoms with Crippen LogP contribution in [0.4, 0.5) is 0 Å². The smallest absolute Gasteiger partial charge is 0.252 e. The van der Waals surface area contributed by atoms with E-state index in [0.29, 0.717) is 28.5 Å². The summed E-state index contributed by atoms with van der Waals surface area (Å²) in [6, 6.07) is 9.14. The molecule has 1 fully saturated rings. The van der Waals surface area contributed by atoms with Crippen molar-refractivity contribution in [3.8, 4) is 12.3 Å². The molecule has 0 aliphatic carbocycles. The first-order valence-electron chi connectivity index (χ1n) is 9.67. The van der Waals surface area contributed by atoms with Gasteiger partial charge in [-0.25, -0.2) is 8.42 Å². The number of hydrogen-bond donors (Lipinski definition) is 0. The van der Waals surface area contributed by atoms with Crippen molar-refractivity contribution >= 4 is 60.4 Å². The Bertz CT molecular complexity index is 1350. The van der Waals surface area contributed by atoms with E-state index in [-0.39, 0.29) is 29.1 Å². The van der Waals surface area contributed by atoms with E-state index in [4.69, 9.17) is 18.0 Å². The van der Waals surface area contributed by atoms with Crippen LogP contribution in [0.2, 0.25) is 4.34 Å². The molecule has 1 amide bonds. The van der Waals surface area contributed by atoms with E-state index in [9.17, 15) is 13.2 Å². The van der Waals surface area contributed by atoms with Crippen molar-refractivity contribution in [1.82, 2.24) is 8.87 Å². The van der Waals surface area contributed by atoms with E-state index in [0.717, 1.165) is 27.1 Å². The highest BCUT2D eigenvalue weighted by molar-refractivity contribution is 7.91. The number of aryl methyl sites for hydroxylation is 1. The minimum Gasteiger partial charge on any atom is -0.305 e. The van der Waals surface area contributed by atoms with Crippen LogP contribution in [0.1, 0.15) is 18.4 Å². The van der Waals surface area contributed by atoms with Gasteiger partial charge in [-0.3, -0.25) is 4.79 Å². The Morgan fingerprint density at radius 1 is 1.26 bits per heavy atom. The topological polar surface area (TPSA) is 71.7 Å². The zero-order valence-corrected chi connectivity index (χ0v) is 20.0. The average Bonchev–Trinajstić information content (AvgIpc) is 3.32. The number of carbonyl (C=O) groups excluding carboxylic acids is 1. The number of benzene rings is 1. The summed E-state index contributed by atoms with van der Waals surface area (Å²) >= 11 is 8.36. The fraction of sp³-hybridized carbons (Fsp3) is 0.333. The molecule has 1 aliphatic heterocycles. The Morgan fingerprint density at radius 3 is 2.65 bits per heavy atom. The maximum absolute atomic E-state index is 12.9. The van der Waals surface area contributed by atoms with Crippen molar-refractivity contribution in [3.63, 3.8) is 0 Å². The largest absolute Gasteiger partial charge is 0.305 e. The highest BCUT2D eigenvalue weighted by Gasteiger charge is 2.33. The van der Waals surface area contributed by atoms with Crippen LogP contribution in [0.15, 0.2) is 39.5 Å². The number of hydrogen-bond acceptors (Lipinski definition) is 5. The number of amides is 1. The van der Waals surface area contributed by atoms with Crippen molar-refractivity contribution in [1.29, 1.82) is 0 Å². The molecule has 3 aromatic rings. The van der Waals surface area contributed by atoms with E-state index in [1.165, 1.54) is 21.7 Å². The Labute approximate surface area is 193 Å². The van der Waals surface area contributed by atoms with E-state index < -0.39 is 10.0 Å². The summed E-state index contributed by atoms with van der Waals surface area (Å²) in [6.45, 7) is 2.90. The van der Waals surface area contributed by atoms with Crippen LogP contribution in [-0.2, 0) is 21.4 Å². The maximum atomic E-state index is 12.9. The summed E-state index contributed by atoms with van der Waals surface area (Å²) < 4.78 is 30.5. The number of rotatable bonds is 4. The lowest BCUT2D eigenvalue weighted by Crippen LogP contribution is -2.40. The monoisotopic (exact) mass is 493 g/mol. The zero-order valence-electron chi connectivity index (χ0n) is 16.7. The molecule has 1 aliphatic rings. The second kappa shape index (κ2) is 8.88. The molecule has 1 saturated heterocycles.